The summed E-state index contributed by atoms with van der Waals surface area (Å²) in [6.07, 6.45) is 4.10. The molecule has 1 heterocycles. The van der Waals surface area contributed by atoms with Gasteiger partial charge in [0.15, 0.2) is 0 Å². The van der Waals surface area contributed by atoms with Crippen molar-refractivity contribution in [1.29, 1.82) is 0 Å². The lowest BCUT2D eigenvalue weighted by molar-refractivity contribution is -0.138. The minimum atomic E-state index is -0.291. The van der Waals surface area contributed by atoms with Crippen LogP contribution in [0.5, 0.6) is 0 Å². The lowest BCUT2D eigenvalue weighted by atomic mass is 10.1. The summed E-state index contributed by atoms with van der Waals surface area (Å²) in [7, 11) is 3.36. The standard InChI is InChI=1S/C20H27N3O3/c1-14(23(12-13-26-3)19(24)15-8-4-5-9-15)18-21-17-11-7-6-10-16(17)20(25)22(18)2/h6-7,10-11,14-15H,4-5,8-9,12-13H2,1-3H3. The van der Waals surface area contributed by atoms with Crippen molar-refractivity contribution in [3.05, 3.63) is 40.4 Å². The number of ether oxygens (including phenoxy) is 1. The van der Waals surface area contributed by atoms with Crippen LogP contribution in [-0.2, 0) is 16.6 Å². The van der Waals surface area contributed by atoms with E-state index in [0.29, 0.717) is 29.9 Å². The Morgan fingerprint density at radius 3 is 2.73 bits per heavy atom. The Morgan fingerprint density at radius 1 is 1.35 bits per heavy atom. The van der Waals surface area contributed by atoms with Gasteiger partial charge in [-0.25, -0.2) is 4.98 Å². The lowest BCUT2D eigenvalue weighted by Gasteiger charge is -2.31. The van der Waals surface area contributed by atoms with Crippen LogP contribution >= 0.6 is 0 Å². The van der Waals surface area contributed by atoms with Crippen LogP contribution < -0.4 is 5.56 Å². The summed E-state index contributed by atoms with van der Waals surface area (Å²) in [4.78, 5) is 32.3. The number of hydrogen-bond donors (Lipinski definition) is 0. The molecule has 1 atom stereocenters. The molecule has 1 saturated carbocycles. The van der Waals surface area contributed by atoms with Crippen LogP contribution in [0.25, 0.3) is 10.9 Å². The summed E-state index contributed by atoms with van der Waals surface area (Å²) < 4.78 is 6.78. The van der Waals surface area contributed by atoms with Crippen molar-refractivity contribution in [2.24, 2.45) is 13.0 Å². The quantitative estimate of drug-likeness (QED) is 0.797. The predicted octanol–water partition coefficient (Wildman–Crippen LogP) is 2.66. The first kappa shape index (κ1) is 18.6. The molecule has 26 heavy (non-hydrogen) atoms. The fraction of sp³-hybridized carbons (Fsp3) is 0.550. The molecule has 1 aliphatic rings. The second-order valence-electron chi connectivity index (χ2n) is 7.03. The van der Waals surface area contributed by atoms with Crippen molar-refractivity contribution in [1.82, 2.24) is 14.5 Å². The monoisotopic (exact) mass is 357 g/mol. The molecule has 1 aromatic carbocycles. The number of hydrogen-bond acceptors (Lipinski definition) is 4. The van der Waals surface area contributed by atoms with E-state index in [1.165, 1.54) is 0 Å². The van der Waals surface area contributed by atoms with Gasteiger partial charge in [0.25, 0.3) is 5.56 Å². The van der Waals surface area contributed by atoms with Crippen LogP contribution in [0.1, 0.15) is 44.5 Å². The van der Waals surface area contributed by atoms with Gasteiger partial charge in [0, 0.05) is 26.6 Å². The minimum Gasteiger partial charge on any atom is -0.383 e. The number of carbonyl (C=O) groups excluding carboxylic acids is 1. The molecule has 1 amide bonds. The van der Waals surface area contributed by atoms with Crippen molar-refractivity contribution in [2.75, 3.05) is 20.3 Å². The van der Waals surface area contributed by atoms with Crippen molar-refractivity contribution in [2.45, 2.75) is 38.6 Å². The Bertz CT molecular complexity index is 840. The number of aromatic nitrogens is 2. The molecule has 0 N–H and O–H groups in total. The largest absolute Gasteiger partial charge is 0.383 e. The van der Waals surface area contributed by atoms with Gasteiger partial charge >= 0.3 is 0 Å². The molecule has 0 saturated heterocycles. The highest BCUT2D eigenvalue weighted by Crippen LogP contribution is 2.29. The summed E-state index contributed by atoms with van der Waals surface area (Å²) in [5.74, 6) is 0.831. The molecular formula is C20H27N3O3. The van der Waals surface area contributed by atoms with E-state index in [4.69, 9.17) is 9.72 Å². The van der Waals surface area contributed by atoms with Gasteiger partial charge in [-0.15, -0.1) is 0 Å². The molecule has 6 heteroatoms. The van der Waals surface area contributed by atoms with E-state index in [9.17, 15) is 9.59 Å². The van der Waals surface area contributed by atoms with E-state index in [1.54, 1.807) is 24.8 Å². The number of para-hydroxylation sites is 1. The van der Waals surface area contributed by atoms with Crippen molar-refractivity contribution in [3.8, 4) is 0 Å². The van der Waals surface area contributed by atoms with Gasteiger partial charge in [-0.05, 0) is 31.9 Å². The molecule has 0 aliphatic heterocycles. The summed E-state index contributed by atoms with van der Waals surface area (Å²) in [6, 6.07) is 7.04. The van der Waals surface area contributed by atoms with E-state index in [-0.39, 0.29) is 23.4 Å². The molecule has 0 spiro atoms. The average molecular weight is 357 g/mol. The third-order valence-corrected chi connectivity index (χ3v) is 5.38. The molecule has 1 unspecified atom stereocenters. The summed E-state index contributed by atoms with van der Waals surface area (Å²) in [6.45, 7) is 2.90. The Kier molecular flexibility index (Phi) is 5.71. The smallest absolute Gasteiger partial charge is 0.261 e. The zero-order valence-electron chi connectivity index (χ0n) is 15.8. The van der Waals surface area contributed by atoms with Gasteiger partial charge in [-0.2, -0.15) is 0 Å². The molecule has 1 aliphatic carbocycles. The van der Waals surface area contributed by atoms with Gasteiger partial charge in [-0.1, -0.05) is 25.0 Å². The first-order chi connectivity index (χ1) is 12.5. The zero-order valence-corrected chi connectivity index (χ0v) is 15.8. The maximum Gasteiger partial charge on any atom is 0.261 e. The molecular weight excluding hydrogens is 330 g/mol. The molecule has 1 fully saturated rings. The molecule has 0 radical (unpaired) electrons. The third-order valence-electron chi connectivity index (χ3n) is 5.38. The Hall–Kier alpha value is -2.21. The van der Waals surface area contributed by atoms with E-state index < -0.39 is 0 Å². The Balaban J connectivity index is 1.99. The average Bonchev–Trinajstić information content (AvgIpc) is 3.19. The molecule has 0 bridgehead atoms. The number of benzene rings is 1. The maximum atomic E-state index is 13.1. The number of rotatable bonds is 6. The van der Waals surface area contributed by atoms with E-state index in [0.717, 1.165) is 25.7 Å². The lowest BCUT2D eigenvalue weighted by Crippen LogP contribution is -2.41. The van der Waals surface area contributed by atoms with Crippen LogP contribution in [0.2, 0.25) is 0 Å². The number of methoxy groups -OCH3 is 1. The normalized spacial score (nSPS) is 16.1. The highest BCUT2D eigenvalue weighted by Gasteiger charge is 2.31. The second-order valence-corrected chi connectivity index (χ2v) is 7.03. The van der Waals surface area contributed by atoms with Crippen LogP contribution in [-0.4, -0.2) is 40.6 Å². The van der Waals surface area contributed by atoms with Gasteiger partial charge in [0.2, 0.25) is 5.91 Å². The molecule has 1 aromatic heterocycles. The van der Waals surface area contributed by atoms with Gasteiger partial charge < -0.3 is 9.64 Å². The van der Waals surface area contributed by atoms with Crippen molar-refractivity contribution < 1.29 is 9.53 Å². The summed E-state index contributed by atoms with van der Waals surface area (Å²) in [5, 5.41) is 0.594. The Labute approximate surface area is 153 Å². The van der Waals surface area contributed by atoms with Crippen LogP contribution in [0, 0.1) is 5.92 Å². The van der Waals surface area contributed by atoms with Crippen LogP contribution in [0.3, 0.4) is 0 Å². The van der Waals surface area contributed by atoms with Gasteiger partial charge in [-0.3, -0.25) is 14.2 Å². The molecule has 140 valence electrons. The zero-order chi connectivity index (χ0) is 18.7. The Morgan fingerprint density at radius 2 is 2.04 bits per heavy atom. The third kappa shape index (κ3) is 3.51. The van der Waals surface area contributed by atoms with E-state index >= 15 is 0 Å². The van der Waals surface area contributed by atoms with Crippen molar-refractivity contribution in [3.63, 3.8) is 0 Å². The van der Waals surface area contributed by atoms with Gasteiger partial charge in [0.05, 0.1) is 23.6 Å². The first-order valence-corrected chi connectivity index (χ1v) is 9.29. The van der Waals surface area contributed by atoms with Crippen molar-refractivity contribution >= 4 is 16.8 Å². The predicted molar refractivity (Wildman–Crippen MR) is 101 cm³/mol. The highest BCUT2D eigenvalue weighted by atomic mass is 16.5. The minimum absolute atomic E-state index is 0.0757. The second kappa shape index (κ2) is 7.99. The fourth-order valence-corrected chi connectivity index (χ4v) is 3.84. The fourth-order valence-electron chi connectivity index (χ4n) is 3.84. The molecule has 6 nitrogen and oxygen atoms in total. The van der Waals surface area contributed by atoms with Crippen LogP contribution in [0.4, 0.5) is 0 Å². The number of fused-ring (bicyclic) bond motifs is 1. The van der Waals surface area contributed by atoms with E-state index in [1.807, 2.05) is 30.0 Å². The number of amides is 1. The summed E-state index contributed by atoms with van der Waals surface area (Å²) in [5.41, 5.74) is 0.579. The first-order valence-electron chi connectivity index (χ1n) is 9.29. The molecule has 3 rings (SSSR count). The molecule has 2 aromatic rings. The summed E-state index contributed by atoms with van der Waals surface area (Å²) >= 11 is 0. The number of nitrogens with zero attached hydrogens (tertiary/aromatic N) is 3. The van der Waals surface area contributed by atoms with Crippen LogP contribution in [0.15, 0.2) is 29.1 Å². The topological polar surface area (TPSA) is 64.4 Å². The van der Waals surface area contributed by atoms with Gasteiger partial charge in [0.1, 0.15) is 5.82 Å². The van der Waals surface area contributed by atoms with E-state index in [2.05, 4.69) is 0 Å². The highest BCUT2D eigenvalue weighted by molar-refractivity contribution is 5.80. The number of carbonyl (C=O) groups is 1. The SMILES string of the molecule is COCCN(C(=O)C1CCCC1)C(C)c1nc2ccccc2c(=O)n1C. The maximum absolute atomic E-state index is 13.1.